The predicted octanol–water partition coefficient (Wildman–Crippen LogP) is -0.278. The molecule has 0 aromatic heterocycles. The van der Waals surface area contributed by atoms with E-state index in [9.17, 15) is 4.79 Å². The molecular weight excluding hydrogens is 180 g/mol. The number of carbonyl (C=O) groups is 1. The maximum absolute atomic E-state index is 11.4. The van der Waals surface area contributed by atoms with Crippen molar-refractivity contribution >= 4 is 5.91 Å². The van der Waals surface area contributed by atoms with Crippen molar-refractivity contribution in [2.45, 2.75) is 37.8 Å². The van der Waals surface area contributed by atoms with Crippen molar-refractivity contribution in [1.29, 1.82) is 0 Å². The molecule has 0 aromatic rings. The smallest absolute Gasteiger partial charge is 0.234 e. The molecule has 0 spiro atoms. The summed E-state index contributed by atoms with van der Waals surface area (Å²) in [6.07, 6.45) is 4.72. The standard InChI is InChI=1S/C10H18N2O2/c13-6-5-12-7-10(14)11-8-3-1-2-4-9(8)12/h8-9,13H,1-7H2,(H,11,14)/t8-,9-/m0/s1. The van der Waals surface area contributed by atoms with Crippen LogP contribution in [0.15, 0.2) is 0 Å². The van der Waals surface area contributed by atoms with E-state index >= 15 is 0 Å². The Kier molecular flexibility index (Phi) is 3.03. The Hall–Kier alpha value is -0.610. The minimum absolute atomic E-state index is 0.113. The Morgan fingerprint density at radius 3 is 3.00 bits per heavy atom. The van der Waals surface area contributed by atoms with Gasteiger partial charge in [-0.15, -0.1) is 0 Å². The largest absolute Gasteiger partial charge is 0.395 e. The lowest BCUT2D eigenvalue weighted by Gasteiger charge is -2.43. The molecule has 1 heterocycles. The van der Waals surface area contributed by atoms with Gasteiger partial charge in [-0.1, -0.05) is 12.8 Å². The number of hydrogen-bond acceptors (Lipinski definition) is 3. The average molecular weight is 198 g/mol. The van der Waals surface area contributed by atoms with Crippen molar-refractivity contribution in [3.8, 4) is 0 Å². The van der Waals surface area contributed by atoms with Crippen molar-refractivity contribution in [2.75, 3.05) is 19.7 Å². The van der Waals surface area contributed by atoms with Gasteiger partial charge < -0.3 is 10.4 Å². The third-order valence-corrected chi connectivity index (χ3v) is 3.28. The monoisotopic (exact) mass is 198 g/mol. The second-order valence-corrected chi connectivity index (χ2v) is 4.22. The van der Waals surface area contributed by atoms with Crippen LogP contribution in [0, 0.1) is 0 Å². The van der Waals surface area contributed by atoms with Crippen LogP contribution >= 0.6 is 0 Å². The molecule has 1 aliphatic heterocycles. The summed E-state index contributed by atoms with van der Waals surface area (Å²) in [4.78, 5) is 13.5. The molecule has 4 nitrogen and oxygen atoms in total. The summed E-state index contributed by atoms with van der Waals surface area (Å²) in [6.45, 7) is 1.24. The zero-order valence-corrected chi connectivity index (χ0v) is 8.41. The first-order valence-corrected chi connectivity index (χ1v) is 5.45. The molecule has 2 rings (SSSR count). The van der Waals surface area contributed by atoms with Crippen LogP contribution in [0.1, 0.15) is 25.7 Å². The number of nitrogens with one attached hydrogen (secondary N) is 1. The van der Waals surface area contributed by atoms with E-state index in [0.29, 0.717) is 25.2 Å². The number of rotatable bonds is 2. The maximum Gasteiger partial charge on any atom is 0.234 e. The van der Waals surface area contributed by atoms with E-state index in [1.165, 1.54) is 12.8 Å². The third-order valence-electron chi connectivity index (χ3n) is 3.28. The number of β-amino-alcohol motifs (C(OH)–C–C–N with tert-alkyl or cyclic N) is 1. The number of aliphatic hydroxyl groups is 1. The molecule has 1 amide bonds. The number of nitrogens with zero attached hydrogens (tertiary/aromatic N) is 1. The number of amides is 1. The summed E-state index contributed by atoms with van der Waals surface area (Å²) in [7, 11) is 0. The highest BCUT2D eigenvalue weighted by Gasteiger charge is 2.35. The Labute approximate surface area is 84.3 Å². The predicted molar refractivity (Wildman–Crippen MR) is 52.8 cm³/mol. The lowest BCUT2D eigenvalue weighted by molar-refractivity contribution is -0.128. The molecule has 0 unspecified atom stereocenters. The molecule has 2 fully saturated rings. The Morgan fingerprint density at radius 1 is 1.43 bits per heavy atom. The van der Waals surface area contributed by atoms with E-state index in [1.807, 2.05) is 0 Å². The van der Waals surface area contributed by atoms with Gasteiger partial charge in [0.15, 0.2) is 0 Å². The molecule has 2 aliphatic rings. The number of piperazine rings is 1. The van der Waals surface area contributed by atoms with Gasteiger partial charge in [0.05, 0.1) is 13.2 Å². The fraction of sp³-hybridized carbons (Fsp3) is 0.900. The van der Waals surface area contributed by atoms with Crippen molar-refractivity contribution in [1.82, 2.24) is 10.2 Å². The molecule has 1 saturated carbocycles. The summed E-state index contributed by atoms with van der Waals surface area (Å²) in [5, 5.41) is 12.0. The second kappa shape index (κ2) is 4.28. The summed E-state index contributed by atoms with van der Waals surface area (Å²) in [5.74, 6) is 0.113. The van der Waals surface area contributed by atoms with Crippen molar-refractivity contribution in [3.05, 3.63) is 0 Å². The Morgan fingerprint density at radius 2 is 2.21 bits per heavy atom. The molecule has 0 bridgehead atoms. The van der Waals surface area contributed by atoms with E-state index in [1.54, 1.807) is 0 Å². The minimum atomic E-state index is 0.113. The van der Waals surface area contributed by atoms with E-state index in [0.717, 1.165) is 12.8 Å². The highest BCUT2D eigenvalue weighted by Crippen LogP contribution is 2.25. The molecule has 2 N–H and O–H groups in total. The van der Waals surface area contributed by atoms with E-state index in [4.69, 9.17) is 5.11 Å². The molecule has 14 heavy (non-hydrogen) atoms. The first kappa shape index (κ1) is 9.93. The highest BCUT2D eigenvalue weighted by atomic mass is 16.3. The lowest BCUT2D eigenvalue weighted by Crippen LogP contribution is -2.61. The van der Waals surface area contributed by atoms with Gasteiger partial charge in [-0.05, 0) is 12.8 Å². The fourth-order valence-corrected chi connectivity index (χ4v) is 2.64. The molecular formula is C10H18N2O2. The zero-order chi connectivity index (χ0) is 9.97. The van der Waals surface area contributed by atoms with Crippen LogP contribution in [-0.4, -0.2) is 47.7 Å². The minimum Gasteiger partial charge on any atom is -0.395 e. The highest BCUT2D eigenvalue weighted by molar-refractivity contribution is 5.79. The molecule has 0 radical (unpaired) electrons. The molecule has 1 aliphatic carbocycles. The van der Waals surface area contributed by atoms with Gasteiger partial charge in [0.25, 0.3) is 0 Å². The van der Waals surface area contributed by atoms with Gasteiger partial charge in [-0.3, -0.25) is 9.69 Å². The topological polar surface area (TPSA) is 52.6 Å². The lowest BCUT2D eigenvalue weighted by atomic mass is 9.87. The van der Waals surface area contributed by atoms with Gasteiger partial charge in [-0.25, -0.2) is 0 Å². The number of carbonyl (C=O) groups excluding carboxylic acids is 1. The number of aliphatic hydroxyl groups excluding tert-OH is 1. The molecule has 80 valence electrons. The summed E-state index contributed by atoms with van der Waals surface area (Å²) >= 11 is 0. The normalized spacial score (nSPS) is 33.6. The first-order chi connectivity index (χ1) is 6.81. The SMILES string of the molecule is O=C1CN(CCO)[C@H]2CCCC[C@@H]2N1. The van der Waals surface area contributed by atoms with E-state index < -0.39 is 0 Å². The molecule has 0 aromatic carbocycles. The van der Waals surface area contributed by atoms with E-state index in [-0.39, 0.29) is 12.5 Å². The molecule has 1 saturated heterocycles. The number of hydrogen-bond donors (Lipinski definition) is 2. The van der Waals surface area contributed by atoms with Crippen LogP contribution < -0.4 is 5.32 Å². The van der Waals surface area contributed by atoms with Crippen LogP contribution in [0.4, 0.5) is 0 Å². The zero-order valence-electron chi connectivity index (χ0n) is 8.41. The molecule has 2 atom stereocenters. The maximum atomic E-state index is 11.4. The van der Waals surface area contributed by atoms with Crippen molar-refractivity contribution in [3.63, 3.8) is 0 Å². The number of fused-ring (bicyclic) bond motifs is 1. The summed E-state index contributed by atoms with van der Waals surface area (Å²) in [6, 6.07) is 0.796. The van der Waals surface area contributed by atoms with Gasteiger partial charge in [0.1, 0.15) is 0 Å². The Bertz CT molecular complexity index is 220. The van der Waals surface area contributed by atoms with E-state index in [2.05, 4.69) is 10.2 Å². The Balaban J connectivity index is 2.03. The quantitative estimate of drug-likeness (QED) is 0.642. The molecule has 4 heteroatoms. The third kappa shape index (κ3) is 1.91. The van der Waals surface area contributed by atoms with Gasteiger partial charge in [0.2, 0.25) is 5.91 Å². The van der Waals surface area contributed by atoms with Crippen LogP contribution in [-0.2, 0) is 4.79 Å². The summed E-state index contributed by atoms with van der Waals surface area (Å²) in [5.41, 5.74) is 0. The van der Waals surface area contributed by atoms with Crippen LogP contribution in [0.5, 0.6) is 0 Å². The van der Waals surface area contributed by atoms with Crippen LogP contribution in [0.3, 0.4) is 0 Å². The van der Waals surface area contributed by atoms with Crippen molar-refractivity contribution < 1.29 is 9.90 Å². The van der Waals surface area contributed by atoms with Crippen LogP contribution in [0.25, 0.3) is 0 Å². The second-order valence-electron chi connectivity index (χ2n) is 4.22. The van der Waals surface area contributed by atoms with Gasteiger partial charge in [0, 0.05) is 18.6 Å². The van der Waals surface area contributed by atoms with Crippen molar-refractivity contribution in [2.24, 2.45) is 0 Å². The van der Waals surface area contributed by atoms with Gasteiger partial charge in [-0.2, -0.15) is 0 Å². The van der Waals surface area contributed by atoms with Gasteiger partial charge >= 0.3 is 0 Å². The average Bonchev–Trinajstić information content (AvgIpc) is 2.18. The fourth-order valence-electron chi connectivity index (χ4n) is 2.64. The first-order valence-electron chi connectivity index (χ1n) is 5.45. The summed E-state index contributed by atoms with van der Waals surface area (Å²) < 4.78 is 0. The van der Waals surface area contributed by atoms with Crippen LogP contribution in [0.2, 0.25) is 0 Å².